The smallest absolute Gasteiger partial charge is 0.317 e. The number of hydrogen-bond acceptors (Lipinski definition) is 5. The number of morpholine rings is 1. The maximum absolute atomic E-state index is 12.6. The summed E-state index contributed by atoms with van der Waals surface area (Å²) >= 11 is 0. The fourth-order valence-electron chi connectivity index (χ4n) is 3.82. The number of carboxylic acids is 1. The van der Waals surface area contributed by atoms with E-state index in [-0.39, 0.29) is 24.5 Å². The highest BCUT2D eigenvalue weighted by Gasteiger charge is 2.36. The molecule has 1 unspecified atom stereocenters. The van der Waals surface area contributed by atoms with Crippen LogP contribution in [0.3, 0.4) is 0 Å². The Bertz CT molecular complexity index is 633. The lowest BCUT2D eigenvalue weighted by Crippen LogP contribution is -2.58. The van der Waals surface area contributed by atoms with Crippen molar-refractivity contribution in [1.82, 2.24) is 15.1 Å². The van der Waals surface area contributed by atoms with Gasteiger partial charge in [0.05, 0.1) is 13.2 Å². The fraction of sp³-hybridized carbons (Fsp3) is 0.600. The summed E-state index contributed by atoms with van der Waals surface area (Å²) in [6.07, 6.45) is 1.16. The summed E-state index contributed by atoms with van der Waals surface area (Å²) in [7, 11) is 0. The molecule has 0 aromatic heterocycles. The van der Waals surface area contributed by atoms with Gasteiger partial charge in [-0.15, -0.1) is 0 Å². The third-order valence-corrected chi connectivity index (χ3v) is 5.41. The van der Waals surface area contributed by atoms with Gasteiger partial charge in [-0.25, -0.2) is 0 Å². The summed E-state index contributed by atoms with van der Waals surface area (Å²) in [5.41, 5.74) is 1.23. The molecule has 0 radical (unpaired) electrons. The van der Waals surface area contributed by atoms with Crippen molar-refractivity contribution in [2.45, 2.75) is 44.5 Å². The number of carboxylic acid groups (broad SMARTS) is 1. The van der Waals surface area contributed by atoms with Crippen LogP contribution in [0.2, 0.25) is 0 Å². The van der Waals surface area contributed by atoms with Crippen molar-refractivity contribution in [2.75, 3.05) is 32.8 Å². The lowest BCUT2D eigenvalue weighted by Gasteiger charge is -2.43. The van der Waals surface area contributed by atoms with Gasteiger partial charge >= 0.3 is 5.97 Å². The lowest BCUT2D eigenvalue weighted by molar-refractivity contribution is -0.142. The van der Waals surface area contributed by atoms with Gasteiger partial charge in [0.25, 0.3) is 5.91 Å². The minimum Gasteiger partial charge on any atom is -0.480 e. The number of benzene rings is 1. The Hall–Kier alpha value is -1.96. The van der Waals surface area contributed by atoms with Gasteiger partial charge in [0.1, 0.15) is 6.10 Å². The Kier molecular flexibility index (Phi) is 6.82. The maximum Gasteiger partial charge on any atom is 0.317 e. The molecular weight excluding hydrogens is 346 g/mol. The van der Waals surface area contributed by atoms with E-state index in [9.17, 15) is 9.59 Å². The van der Waals surface area contributed by atoms with E-state index >= 15 is 0 Å². The van der Waals surface area contributed by atoms with Gasteiger partial charge in [0.15, 0.2) is 0 Å². The molecule has 1 aliphatic heterocycles. The number of hydrogen-bond donors (Lipinski definition) is 2. The van der Waals surface area contributed by atoms with Crippen LogP contribution in [0.5, 0.6) is 0 Å². The maximum atomic E-state index is 12.6. The zero-order valence-electron chi connectivity index (χ0n) is 15.8. The third kappa shape index (κ3) is 5.51. The molecular formula is C20H29N3O4. The summed E-state index contributed by atoms with van der Waals surface area (Å²) in [5, 5.41) is 12.0. The molecule has 1 atom stereocenters. The number of aliphatic carboxylic acids is 1. The van der Waals surface area contributed by atoms with E-state index in [1.807, 2.05) is 30.0 Å². The highest BCUT2D eigenvalue weighted by molar-refractivity contribution is 5.81. The first kappa shape index (κ1) is 19.8. The van der Waals surface area contributed by atoms with Crippen LogP contribution in [0, 0.1) is 0 Å². The Morgan fingerprint density at radius 3 is 2.70 bits per heavy atom. The summed E-state index contributed by atoms with van der Waals surface area (Å²) in [5.74, 6) is -0.865. The van der Waals surface area contributed by atoms with Gasteiger partial charge in [0.2, 0.25) is 0 Å². The molecule has 1 aromatic carbocycles. The van der Waals surface area contributed by atoms with E-state index in [2.05, 4.69) is 22.3 Å². The Balaban J connectivity index is 1.43. The number of rotatable bonds is 8. The number of nitrogens with one attached hydrogen (secondary N) is 1. The second-order valence-corrected chi connectivity index (χ2v) is 7.37. The van der Waals surface area contributed by atoms with E-state index < -0.39 is 12.1 Å². The molecule has 2 N–H and O–H groups in total. The van der Waals surface area contributed by atoms with Crippen LogP contribution in [0.1, 0.15) is 25.3 Å². The van der Waals surface area contributed by atoms with Crippen molar-refractivity contribution in [3.8, 4) is 0 Å². The minimum atomic E-state index is -0.807. The molecule has 1 aliphatic carbocycles. The second kappa shape index (κ2) is 9.30. The van der Waals surface area contributed by atoms with Gasteiger partial charge in [-0.2, -0.15) is 0 Å². The SMILES string of the molecule is CCN(CC(=O)O)C1CC(NC(=O)C2CN(Cc3ccccc3)CCO2)C1. The lowest BCUT2D eigenvalue weighted by atomic mass is 9.85. The zero-order chi connectivity index (χ0) is 19.2. The van der Waals surface area contributed by atoms with Crippen LogP contribution in [0.25, 0.3) is 0 Å². The van der Waals surface area contributed by atoms with Crippen molar-refractivity contribution in [2.24, 2.45) is 0 Å². The van der Waals surface area contributed by atoms with Crippen LogP contribution < -0.4 is 5.32 Å². The first-order valence-corrected chi connectivity index (χ1v) is 9.69. The number of nitrogens with zero attached hydrogens (tertiary/aromatic N) is 2. The number of carbonyl (C=O) groups excluding carboxylic acids is 1. The van der Waals surface area contributed by atoms with Crippen LogP contribution in [-0.4, -0.2) is 77.8 Å². The van der Waals surface area contributed by atoms with Crippen molar-refractivity contribution < 1.29 is 19.4 Å². The van der Waals surface area contributed by atoms with E-state index in [4.69, 9.17) is 9.84 Å². The van der Waals surface area contributed by atoms with E-state index in [1.165, 1.54) is 5.56 Å². The molecule has 1 saturated heterocycles. The van der Waals surface area contributed by atoms with Gasteiger partial charge < -0.3 is 15.2 Å². The molecule has 1 saturated carbocycles. The highest BCUT2D eigenvalue weighted by Crippen LogP contribution is 2.26. The van der Waals surface area contributed by atoms with Gasteiger partial charge in [-0.1, -0.05) is 37.3 Å². The molecule has 148 valence electrons. The molecule has 0 bridgehead atoms. The van der Waals surface area contributed by atoms with Crippen molar-refractivity contribution >= 4 is 11.9 Å². The van der Waals surface area contributed by atoms with Crippen molar-refractivity contribution in [1.29, 1.82) is 0 Å². The van der Waals surface area contributed by atoms with E-state index in [0.29, 0.717) is 19.7 Å². The van der Waals surface area contributed by atoms with Crippen LogP contribution >= 0.6 is 0 Å². The molecule has 1 heterocycles. The fourth-order valence-corrected chi connectivity index (χ4v) is 3.82. The third-order valence-electron chi connectivity index (χ3n) is 5.41. The first-order valence-electron chi connectivity index (χ1n) is 9.69. The molecule has 2 fully saturated rings. The number of ether oxygens (including phenoxy) is 1. The van der Waals surface area contributed by atoms with Crippen LogP contribution in [-0.2, 0) is 20.9 Å². The zero-order valence-corrected chi connectivity index (χ0v) is 15.8. The average Bonchev–Trinajstić information content (AvgIpc) is 2.63. The molecule has 1 amide bonds. The molecule has 7 nitrogen and oxygen atoms in total. The van der Waals surface area contributed by atoms with Crippen molar-refractivity contribution in [3.05, 3.63) is 35.9 Å². The Morgan fingerprint density at radius 1 is 1.30 bits per heavy atom. The van der Waals surface area contributed by atoms with Crippen LogP contribution in [0.15, 0.2) is 30.3 Å². The van der Waals surface area contributed by atoms with E-state index in [1.54, 1.807) is 0 Å². The molecule has 0 spiro atoms. The summed E-state index contributed by atoms with van der Waals surface area (Å²) < 4.78 is 5.68. The standard InChI is InChI=1S/C20H29N3O4/c1-2-23(14-19(24)25)17-10-16(11-17)21-20(26)18-13-22(8-9-27-18)12-15-6-4-3-5-7-15/h3-7,16-18H,2,8-14H2,1H3,(H,21,26)(H,24,25). The number of carbonyl (C=O) groups is 2. The minimum absolute atomic E-state index is 0.0576. The summed E-state index contributed by atoms with van der Waals surface area (Å²) in [6.45, 7) is 5.52. The Labute approximate surface area is 160 Å². The highest BCUT2D eigenvalue weighted by atomic mass is 16.5. The van der Waals surface area contributed by atoms with E-state index in [0.717, 1.165) is 25.9 Å². The normalized spacial score (nSPS) is 25.8. The van der Waals surface area contributed by atoms with Gasteiger partial charge in [0, 0.05) is 31.7 Å². The molecule has 7 heteroatoms. The Morgan fingerprint density at radius 2 is 2.04 bits per heavy atom. The molecule has 1 aromatic rings. The monoisotopic (exact) mass is 375 g/mol. The summed E-state index contributed by atoms with van der Waals surface area (Å²) in [4.78, 5) is 27.7. The molecule has 2 aliphatic rings. The molecule has 27 heavy (non-hydrogen) atoms. The average molecular weight is 375 g/mol. The number of likely N-dealkylation sites (N-methyl/N-ethyl adjacent to an activating group) is 1. The predicted octanol–water partition coefficient (Wildman–Crippen LogP) is 0.941. The first-order chi connectivity index (χ1) is 13.0. The van der Waals surface area contributed by atoms with Gasteiger partial charge in [-0.05, 0) is 24.9 Å². The molecule has 3 rings (SSSR count). The predicted molar refractivity (Wildman–Crippen MR) is 101 cm³/mol. The second-order valence-electron chi connectivity index (χ2n) is 7.37. The topological polar surface area (TPSA) is 82.1 Å². The van der Waals surface area contributed by atoms with Crippen LogP contribution in [0.4, 0.5) is 0 Å². The largest absolute Gasteiger partial charge is 0.480 e. The van der Waals surface area contributed by atoms with Gasteiger partial charge in [-0.3, -0.25) is 19.4 Å². The quantitative estimate of drug-likeness (QED) is 0.704. The van der Waals surface area contributed by atoms with Crippen molar-refractivity contribution in [3.63, 3.8) is 0 Å². The number of amides is 1. The summed E-state index contributed by atoms with van der Waals surface area (Å²) in [6, 6.07) is 10.6.